The Balaban J connectivity index is 2.10. The summed E-state index contributed by atoms with van der Waals surface area (Å²) in [6.07, 6.45) is 6.88. The quantitative estimate of drug-likeness (QED) is 0.799. The number of rotatable bonds is 6. The molecule has 0 fully saturated rings. The third-order valence-corrected chi connectivity index (χ3v) is 3.36. The summed E-state index contributed by atoms with van der Waals surface area (Å²) in [5, 5.41) is 4.79. The Morgan fingerprint density at radius 3 is 2.83 bits per heavy atom. The van der Waals surface area contributed by atoms with Crippen LogP contribution in [0.25, 0.3) is 10.9 Å². The second kappa shape index (κ2) is 6.39. The van der Waals surface area contributed by atoms with E-state index in [-0.39, 0.29) is 0 Å². The van der Waals surface area contributed by atoms with Crippen molar-refractivity contribution in [1.29, 1.82) is 0 Å². The number of unbranched alkanes of at least 4 members (excludes halogenated alkanes) is 1. The van der Waals surface area contributed by atoms with Gasteiger partial charge in [0.05, 0.1) is 17.4 Å². The molecule has 0 radical (unpaired) electrons. The van der Waals surface area contributed by atoms with Crippen molar-refractivity contribution in [3.05, 3.63) is 36.5 Å². The molecular weight excluding hydrogens is 220 g/mol. The number of pyridine rings is 1. The van der Waals surface area contributed by atoms with Crippen LogP contribution in [0, 0.1) is 0 Å². The van der Waals surface area contributed by atoms with E-state index in [4.69, 9.17) is 0 Å². The summed E-state index contributed by atoms with van der Waals surface area (Å²) >= 11 is 0. The Labute approximate surface area is 109 Å². The first-order valence-corrected chi connectivity index (χ1v) is 6.94. The number of anilines is 1. The van der Waals surface area contributed by atoms with Crippen LogP contribution in [0.3, 0.4) is 0 Å². The van der Waals surface area contributed by atoms with Crippen molar-refractivity contribution in [2.24, 2.45) is 0 Å². The zero-order valence-electron chi connectivity index (χ0n) is 11.3. The summed E-state index contributed by atoms with van der Waals surface area (Å²) in [5.41, 5.74) is 2.20. The van der Waals surface area contributed by atoms with Gasteiger partial charge in [-0.2, -0.15) is 0 Å². The summed E-state index contributed by atoms with van der Waals surface area (Å²) in [6, 6.07) is 11.0. The van der Waals surface area contributed by atoms with Crippen molar-refractivity contribution in [2.45, 2.75) is 45.6 Å². The maximum absolute atomic E-state index is 4.49. The SMILES string of the molecule is CCCCC(CC)Nc1cnc2ccccc2c1. The molecule has 96 valence electrons. The van der Waals surface area contributed by atoms with E-state index in [9.17, 15) is 0 Å². The number of aromatic nitrogens is 1. The number of nitrogens with zero attached hydrogens (tertiary/aromatic N) is 1. The van der Waals surface area contributed by atoms with E-state index in [1.165, 1.54) is 24.6 Å². The monoisotopic (exact) mass is 242 g/mol. The minimum Gasteiger partial charge on any atom is -0.381 e. The molecule has 0 aliphatic rings. The highest BCUT2D eigenvalue weighted by Crippen LogP contribution is 2.18. The molecule has 1 aromatic carbocycles. The highest BCUT2D eigenvalue weighted by atomic mass is 14.9. The van der Waals surface area contributed by atoms with Crippen LogP contribution < -0.4 is 5.32 Å². The molecule has 1 unspecified atom stereocenters. The Bertz CT molecular complexity index is 493. The lowest BCUT2D eigenvalue weighted by Crippen LogP contribution is -2.18. The van der Waals surface area contributed by atoms with Crippen LogP contribution in [0.1, 0.15) is 39.5 Å². The van der Waals surface area contributed by atoms with Crippen molar-refractivity contribution in [1.82, 2.24) is 4.98 Å². The van der Waals surface area contributed by atoms with Gasteiger partial charge in [0.25, 0.3) is 0 Å². The predicted octanol–water partition coefficient (Wildman–Crippen LogP) is 4.62. The first kappa shape index (κ1) is 12.9. The largest absolute Gasteiger partial charge is 0.381 e. The van der Waals surface area contributed by atoms with Crippen LogP contribution in [0.15, 0.2) is 36.5 Å². The molecule has 2 rings (SSSR count). The first-order valence-electron chi connectivity index (χ1n) is 6.94. The molecule has 0 aliphatic heterocycles. The first-order chi connectivity index (χ1) is 8.83. The standard InChI is InChI=1S/C16H22N2/c1-3-5-9-14(4-2)18-15-11-13-8-6-7-10-16(13)17-12-15/h6-8,10-12,14,18H,3-5,9H2,1-2H3. The molecule has 0 saturated carbocycles. The van der Waals surface area contributed by atoms with E-state index in [1.54, 1.807) is 0 Å². The molecular formula is C16H22N2. The molecule has 2 heteroatoms. The highest BCUT2D eigenvalue weighted by molar-refractivity contribution is 5.81. The molecule has 18 heavy (non-hydrogen) atoms. The summed E-state index contributed by atoms with van der Waals surface area (Å²) in [6.45, 7) is 4.48. The minimum absolute atomic E-state index is 0.563. The maximum atomic E-state index is 4.49. The molecule has 0 spiro atoms. The fourth-order valence-corrected chi connectivity index (χ4v) is 2.21. The van der Waals surface area contributed by atoms with Gasteiger partial charge in [-0.05, 0) is 25.0 Å². The van der Waals surface area contributed by atoms with Gasteiger partial charge in [-0.3, -0.25) is 4.98 Å². The molecule has 0 aliphatic carbocycles. The third-order valence-electron chi connectivity index (χ3n) is 3.36. The number of hydrogen-bond donors (Lipinski definition) is 1. The lowest BCUT2D eigenvalue weighted by atomic mass is 10.1. The Hall–Kier alpha value is -1.57. The smallest absolute Gasteiger partial charge is 0.0703 e. The van der Waals surface area contributed by atoms with E-state index in [2.05, 4.69) is 42.3 Å². The summed E-state index contributed by atoms with van der Waals surface area (Å²) < 4.78 is 0. The van der Waals surface area contributed by atoms with Crippen LogP contribution in [0.5, 0.6) is 0 Å². The average Bonchev–Trinajstić information content (AvgIpc) is 2.43. The normalized spacial score (nSPS) is 12.6. The second-order valence-electron chi connectivity index (χ2n) is 4.81. The van der Waals surface area contributed by atoms with Gasteiger partial charge in [-0.25, -0.2) is 0 Å². The van der Waals surface area contributed by atoms with Crippen LogP contribution in [0.2, 0.25) is 0 Å². The average molecular weight is 242 g/mol. The van der Waals surface area contributed by atoms with E-state index in [0.717, 1.165) is 17.6 Å². The van der Waals surface area contributed by atoms with Gasteiger partial charge in [0.1, 0.15) is 0 Å². The van der Waals surface area contributed by atoms with Crippen molar-refractivity contribution in [3.8, 4) is 0 Å². The molecule has 2 aromatic rings. The summed E-state index contributed by atoms with van der Waals surface area (Å²) in [7, 11) is 0. The molecule has 1 N–H and O–H groups in total. The van der Waals surface area contributed by atoms with Crippen LogP contribution in [-0.2, 0) is 0 Å². The topological polar surface area (TPSA) is 24.9 Å². The van der Waals surface area contributed by atoms with Crippen LogP contribution in [0.4, 0.5) is 5.69 Å². The molecule has 2 nitrogen and oxygen atoms in total. The number of fused-ring (bicyclic) bond motifs is 1. The van der Waals surface area contributed by atoms with Crippen molar-refractivity contribution in [3.63, 3.8) is 0 Å². The molecule has 0 saturated heterocycles. The minimum atomic E-state index is 0.563. The Morgan fingerprint density at radius 1 is 1.22 bits per heavy atom. The third kappa shape index (κ3) is 3.22. The molecule has 1 heterocycles. The lowest BCUT2D eigenvalue weighted by molar-refractivity contribution is 0.593. The van der Waals surface area contributed by atoms with Crippen LogP contribution >= 0.6 is 0 Å². The highest BCUT2D eigenvalue weighted by Gasteiger charge is 2.06. The number of nitrogens with one attached hydrogen (secondary N) is 1. The van der Waals surface area contributed by atoms with Gasteiger partial charge in [0, 0.05) is 11.4 Å². The van der Waals surface area contributed by atoms with E-state index >= 15 is 0 Å². The van der Waals surface area contributed by atoms with Gasteiger partial charge < -0.3 is 5.32 Å². The summed E-state index contributed by atoms with van der Waals surface area (Å²) in [4.78, 5) is 4.49. The molecule has 0 amide bonds. The predicted molar refractivity (Wildman–Crippen MR) is 79.0 cm³/mol. The van der Waals surface area contributed by atoms with Gasteiger partial charge >= 0.3 is 0 Å². The zero-order chi connectivity index (χ0) is 12.8. The molecule has 0 bridgehead atoms. The molecule has 1 atom stereocenters. The maximum Gasteiger partial charge on any atom is 0.0703 e. The Morgan fingerprint density at radius 2 is 2.06 bits per heavy atom. The van der Waals surface area contributed by atoms with Crippen molar-refractivity contribution < 1.29 is 0 Å². The number of hydrogen-bond acceptors (Lipinski definition) is 2. The fourth-order valence-electron chi connectivity index (χ4n) is 2.21. The van der Waals surface area contributed by atoms with E-state index < -0.39 is 0 Å². The second-order valence-corrected chi connectivity index (χ2v) is 4.81. The van der Waals surface area contributed by atoms with Crippen molar-refractivity contribution >= 4 is 16.6 Å². The zero-order valence-corrected chi connectivity index (χ0v) is 11.3. The van der Waals surface area contributed by atoms with E-state index in [0.29, 0.717) is 6.04 Å². The Kier molecular flexibility index (Phi) is 4.57. The lowest BCUT2D eigenvalue weighted by Gasteiger charge is -2.18. The number of para-hydroxylation sites is 1. The van der Waals surface area contributed by atoms with Gasteiger partial charge in [-0.15, -0.1) is 0 Å². The van der Waals surface area contributed by atoms with Gasteiger partial charge in [0.15, 0.2) is 0 Å². The number of benzene rings is 1. The fraction of sp³-hybridized carbons (Fsp3) is 0.438. The van der Waals surface area contributed by atoms with Gasteiger partial charge in [-0.1, -0.05) is 44.9 Å². The van der Waals surface area contributed by atoms with Crippen LogP contribution in [-0.4, -0.2) is 11.0 Å². The summed E-state index contributed by atoms with van der Waals surface area (Å²) in [5.74, 6) is 0. The molecule has 1 aromatic heterocycles. The van der Waals surface area contributed by atoms with Crippen molar-refractivity contribution in [2.75, 3.05) is 5.32 Å². The van der Waals surface area contributed by atoms with E-state index in [1.807, 2.05) is 18.3 Å². The van der Waals surface area contributed by atoms with Gasteiger partial charge in [0.2, 0.25) is 0 Å².